The Morgan fingerprint density at radius 2 is 0.750 bits per heavy atom. The zero-order valence-electron chi connectivity index (χ0n) is 33.1. The second-order valence-electron chi connectivity index (χ2n) is 15.7. The molecule has 0 saturated carbocycles. The molecule has 1 aliphatic rings. The lowest BCUT2D eigenvalue weighted by atomic mass is 9.67. The monoisotopic (exact) mass is 763 g/mol. The van der Waals surface area contributed by atoms with Crippen molar-refractivity contribution in [3.63, 3.8) is 0 Å². The predicted octanol–water partition coefficient (Wildman–Crippen LogP) is 15.7. The van der Waals surface area contributed by atoms with Crippen molar-refractivity contribution in [3.8, 4) is 44.5 Å². The summed E-state index contributed by atoms with van der Waals surface area (Å²) in [6, 6.07) is 90.9. The molecule has 10 aromatic rings. The van der Waals surface area contributed by atoms with Crippen LogP contribution in [0.2, 0.25) is 0 Å². The lowest BCUT2D eigenvalue weighted by Gasteiger charge is -2.34. The Morgan fingerprint density at radius 3 is 1.48 bits per heavy atom. The highest BCUT2D eigenvalue weighted by atomic mass is 15.1. The lowest BCUT2D eigenvalue weighted by Crippen LogP contribution is -2.28. The fraction of sp³-hybridized carbons (Fsp3) is 0.0169. The van der Waals surface area contributed by atoms with Crippen LogP contribution >= 0.6 is 0 Å². The van der Waals surface area contributed by atoms with Crippen molar-refractivity contribution >= 4 is 27.8 Å². The Balaban J connectivity index is 1.04. The van der Waals surface area contributed by atoms with Crippen molar-refractivity contribution in [2.75, 3.05) is 4.90 Å². The maximum atomic E-state index is 2.44. The Morgan fingerprint density at radius 1 is 0.267 bits per heavy atom. The first-order chi connectivity index (χ1) is 29.8. The van der Waals surface area contributed by atoms with E-state index in [0.29, 0.717) is 0 Å². The van der Waals surface area contributed by atoms with E-state index in [-0.39, 0.29) is 0 Å². The molecule has 1 nitrogen and oxygen atoms in total. The van der Waals surface area contributed by atoms with Gasteiger partial charge in [-0.1, -0.05) is 206 Å². The van der Waals surface area contributed by atoms with Gasteiger partial charge in [0.25, 0.3) is 0 Å². The van der Waals surface area contributed by atoms with Crippen LogP contribution in [0.1, 0.15) is 22.3 Å². The van der Waals surface area contributed by atoms with E-state index in [1.807, 2.05) is 0 Å². The normalized spacial score (nSPS) is 12.5. The molecule has 0 heterocycles. The molecule has 0 aliphatic heterocycles. The summed E-state index contributed by atoms with van der Waals surface area (Å²) < 4.78 is 0. The number of rotatable bonds is 8. The van der Waals surface area contributed by atoms with Crippen molar-refractivity contribution in [3.05, 3.63) is 271 Å². The molecule has 10 aromatic carbocycles. The summed E-state index contributed by atoms with van der Waals surface area (Å²) in [5.74, 6) is 0. The second kappa shape index (κ2) is 14.9. The van der Waals surface area contributed by atoms with Crippen LogP contribution in [0.25, 0.3) is 55.3 Å². The minimum Gasteiger partial charge on any atom is -0.310 e. The SMILES string of the molecule is c1ccc(-c2cccc(N(c3ccc(-c4ccc5c(c4)C(c4ccccc4)(c4ccccc4)c4ccccc4-5)cc3)c3cccc(-c4cccc5ccccc45)c3)c2)cc1. The molecule has 1 heteroatoms. The summed E-state index contributed by atoms with van der Waals surface area (Å²) in [6.45, 7) is 0. The number of fused-ring (bicyclic) bond motifs is 4. The van der Waals surface area contributed by atoms with E-state index in [2.05, 4.69) is 254 Å². The van der Waals surface area contributed by atoms with E-state index in [4.69, 9.17) is 0 Å². The average molecular weight is 764 g/mol. The summed E-state index contributed by atoms with van der Waals surface area (Å²) in [7, 11) is 0. The van der Waals surface area contributed by atoms with Crippen LogP contribution in [-0.2, 0) is 5.41 Å². The maximum absolute atomic E-state index is 2.44. The minimum atomic E-state index is -0.444. The fourth-order valence-electron chi connectivity index (χ4n) is 9.62. The third-order valence-corrected chi connectivity index (χ3v) is 12.3. The molecule has 0 aromatic heterocycles. The van der Waals surface area contributed by atoms with E-state index in [1.165, 1.54) is 77.5 Å². The average Bonchev–Trinajstić information content (AvgIpc) is 3.63. The van der Waals surface area contributed by atoms with Gasteiger partial charge in [-0.05, 0) is 120 Å². The van der Waals surface area contributed by atoms with E-state index in [1.54, 1.807) is 0 Å². The molecular weight excluding hydrogens is 723 g/mol. The van der Waals surface area contributed by atoms with Crippen molar-refractivity contribution < 1.29 is 0 Å². The highest BCUT2D eigenvalue weighted by Gasteiger charge is 2.46. The quantitative estimate of drug-likeness (QED) is 0.149. The van der Waals surface area contributed by atoms with Gasteiger partial charge in [0.1, 0.15) is 0 Å². The molecule has 1 aliphatic carbocycles. The molecule has 0 saturated heterocycles. The van der Waals surface area contributed by atoms with E-state index >= 15 is 0 Å². The van der Waals surface area contributed by atoms with Crippen molar-refractivity contribution in [1.82, 2.24) is 0 Å². The molecule has 0 N–H and O–H groups in total. The van der Waals surface area contributed by atoms with Crippen LogP contribution in [0.5, 0.6) is 0 Å². The number of anilines is 3. The molecule has 0 bridgehead atoms. The van der Waals surface area contributed by atoms with Crippen LogP contribution in [0.4, 0.5) is 17.1 Å². The Kier molecular flexibility index (Phi) is 8.79. The van der Waals surface area contributed by atoms with Gasteiger partial charge in [0.15, 0.2) is 0 Å². The van der Waals surface area contributed by atoms with E-state index < -0.39 is 5.41 Å². The minimum absolute atomic E-state index is 0.444. The molecule has 0 fully saturated rings. The molecular formula is C59H41N. The fourth-order valence-corrected chi connectivity index (χ4v) is 9.62. The summed E-state index contributed by atoms with van der Waals surface area (Å²) in [6.07, 6.45) is 0. The third-order valence-electron chi connectivity index (χ3n) is 12.3. The molecule has 60 heavy (non-hydrogen) atoms. The van der Waals surface area contributed by atoms with Crippen molar-refractivity contribution in [2.45, 2.75) is 5.41 Å². The maximum Gasteiger partial charge on any atom is 0.0713 e. The van der Waals surface area contributed by atoms with Crippen LogP contribution in [0, 0.1) is 0 Å². The Hall–Kier alpha value is -7.74. The zero-order valence-corrected chi connectivity index (χ0v) is 33.1. The van der Waals surface area contributed by atoms with Gasteiger partial charge in [0.05, 0.1) is 5.41 Å². The van der Waals surface area contributed by atoms with Gasteiger partial charge >= 0.3 is 0 Å². The number of hydrogen-bond donors (Lipinski definition) is 0. The molecule has 0 unspecified atom stereocenters. The number of nitrogens with zero attached hydrogens (tertiary/aromatic N) is 1. The third kappa shape index (κ3) is 5.94. The van der Waals surface area contributed by atoms with Crippen LogP contribution in [0.15, 0.2) is 249 Å². The zero-order chi connectivity index (χ0) is 39.9. The molecule has 282 valence electrons. The number of benzene rings is 10. The highest BCUT2D eigenvalue weighted by Crippen LogP contribution is 2.56. The Labute approximate surface area is 352 Å². The summed E-state index contributed by atoms with van der Waals surface area (Å²) >= 11 is 0. The summed E-state index contributed by atoms with van der Waals surface area (Å²) in [5, 5.41) is 2.49. The van der Waals surface area contributed by atoms with Crippen molar-refractivity contribution in [2.24, 2.45) is 0 Å². The van der Waals surface area contributed by atoms with Gasteiger partial charge in [-0.25, -0.2) is 0 Å². The molecule has 0 spiro atoms. The van der Waals surface area contributed by atoms with Gasteiger partial charge in [-0.3, -0.25) is 0 Å². The van der Waals surface area contributed by atoms with Gasteiger partial charge in [0.2, 0.25) is 0 Å². The second-order valence-corrected chi connectivity index (χ2v) is 15.7. The molecule has 0 radical (unpaired) electrons. The molecule has 0 amide bonds. The summed E-state index contributed by atoms with van der Waals surface area (Å²) in [5.41, 5.74) is 17.8. The first-order valence-corrected chi connectivity index (χ1v) is 20.8. The molecule has 0 atom stereocenters. The van der Waals surface area contributed by atoms with E-state index in [9.17, 15) is 0 Å². The van der Waals surface area contributed by atoms with Crippen molar-refractivity contribution in [1.29, 1.82) is 0 Å². The van der Waals surface area contributed by atoms with Gasteiger partial charge in [0, 0.05) is 17.1 Å². The van der Waals surface area contributed by atoms with Crippen LogP contribution in [0.3, 0.4) is 0 Å². The standard InChI is InChI=1S/C59H41N/c1-4-17-42(18-5-1)45-21-14-27-51(39-45)60(52-28-15-22-47(40-52)54-31-16-20-44-19-10-11-29-53(44)54)50-36-33-43(34-37-50)46-35-38-56-55-30-12-13-32-57(55)59(58(56)41-46,48-23-6-2-7-24-48)49-25-8-3-9-26-49/h1-41H. The predicted molar refractivity (Wildman–Crippen MR) is 252 cm³/mol. The lowest BCUT2D eigenvalue weighted by molar-refractivity contribution is 0.769. The van der Waals surface area contributed by atoms with Gasteiger partial charge in [-0.2, -0.15) is 0 Å². The van der Waals surface area contributed by atoms with Crippen LogP contribution in [-0.4, -0.2) is 0 Å². The van der Waals surface area contributed by atoms with Gasteiger partial charge in [-0.15, -0.1) is 0 Å². The van der Waals surface area contributed by atoms with Crippen LogP contribution < -0.4 is 4.90 Å². The van der Waals surface area contributed by atoms with Gasteiger partial charge < -0.3 is 4.90 Å². The Bertz CT molecular complexity index is 3090. The summed E-state index contributed by atoms with van der Waals surface area (Å²) in [4.78, 5) is 2.39. The van der Waals surface area contributed by atoms with E-state index in [0.717, 1.165) is 17.1 Å². The first kappa shape index (κ1) is 35.4. The highest BCUT2D eigenvalue weighted by molar-refractivity contribution is 5.97. The smallest absolute Gasteiger partial charge is 0.0713 e. The number of hydrogen-bond acceptors (Lipinski definition) is 1. The molecule has 11 rings (SSSR count). The topological polar surface area (TPSA) is 3.24 Å². The largest absolute Gasteiger partial charge is 0.310 e. The first-order valence-electron chi connectivity index (χ1n) is 20.8.